The Bertz CT molecular complexity index is 309. The highest BCUT2D eigenvalue weighted by Crippen LogP contribution is 2.51. The largest absolute Gasteiger partial charge is 0.393 e. The number of benzene rings is 1. The van der Waals surface area contributed by atoms with Gasteiger partial charge in [-0.05, 0) is 36.8 Å². The molecule has 0 saturated heterocycles. The Morgan fingerprint density at radius 2 is 2.15 bits per heavy atom. The molecule has 1 aromatic rings. The van der Waals surface area contributed by atoms with E-state index in [1.165, 1.54) is 10.0 Å². The molecule has 0 radical (unpaired) electrons. The third kappa shape index (κ3) is 1.79. The lowest BCUT2D eigenvalue weighted by molar-refractivity contribution is 0.169. The van der Waals surface area contributed by atoms with Crippen molar-refractivity contribution in [3.05, 3.63) is 34.3 Å². The van der Waals surface area contributed by atoms with E-state index >= 15 is 0 Å². The average Bonchev–Trinajstić information content (AvgIpc) is 2.84. The van der Waals surface area contributed by atoms with Gasteiger partial charge in [0.05, 0.1) is 6.10 Å². The van der Waals surface area contributed by atoms with E-state index in [0.29, 0.717) is 11.8 Å². The molecule has 1 aliphatic carbocycles. The Balaban J connectivity index is 2.16. The number of halogens is 1. The van der Waals surface area contributed by atoms with Crippen LogP contribution in [0.3, 0.4) is 0 Å². The molecule has 0 aromatic heterocycles. The molecular formula is C11H13BrO. The van der Waals surface area contributed by atoms with Gasteiger partial charge < -0.3 is 5.11 Å². The van der Waals surface area contributed by atoms with E-state index in [0.717, 1.165) is 6.42 Å². The molecule has 0 heterocycles. The molecule has 13 heavy (non-hydrogen) atoms. The van der Waals surface area contributed by atoms with Gasteiger partial charge in [-0.2, -0.15) is 0 Å². The fourth-order valence-electron chi connectivity index (χ4n) is 1.88. The highest BCUT2D eigenvalue weighted by molar-refractivity contribution is 9.10. The quantitative estimate of drug-likeness (QED) is 0.843. The molecule has 1 aliphatic rings. The first-order chi connectivity index (χ1) is 6.20. The molecule has 1 nitrogen and oxygen atoms in total. The molecule has 0 unspecified atom stereocenters. The van der Waals surface area contributed by atoms with Gasteiger partial charge in [0.1, 0.15) is 0 Å². The van der Waals surface area contributed by atoms with Crippen LogP contribution in [0.25, 0.3) is 0 Å². The summed E-state index contributed by atoms with van der Waals surface area (Å²) < 4.78 is 1.17. The lowest BCUT2D eigenvalue weighted by Crippen LogP contribution is -2.03. The third-order valence-corrected chi connectivity index (χ3v) is 3.49. The van der Waals surface area contributed by atoms with Crippen molar-refractivity contribution in [2.45, 2.75) is 25.4 Å². The van der Waals surface area contributed by atoms with Crippen molar-refractivity contribution >= 4 is 15.9 Å². The van der Waals surface area contributed by atoms with Gasteiger partial charge in [0, 0.05) is 4.47 Å². The fraction of sp³-hybridized carbons (Fsp3) is 0.455. The smallest absolute Gasteiger partial charge is 0.0546 e. The van der Waals surface area contributed by atoms with Crippen molar-refractivity contribution in [2.24, 2.45) is 5.92 Å². The van der Waals surface area contributed by atoms with Crippen LogP contribution in [-0.2, 0) is 0 Å². The number of rotatable bonds is 2. The Morgan fingerprint density at radius 3 is 2.69 bits per heavy atom. The van der Waals surface area contributed by atoms with Crippen LogP contribution in [0.2, 0.25) is 0 Å². The van der Waals surface area contributed by atoms with E-state index in [1.54, 1.807) is 0 Å². The normalized spacial score (nSPS) is 28.5. The minimum Gasteiger partial charge on any atom is -0.393 e. The standard InChI is InChI=1S/C11H13BrO/c1-7(13)9-6-10(9)8-4-2-3-5-11(8)12/h2-5,7,9-10,13H,6H2,1H3/t7-,9+,10+/m0/s1. The first-order valence-corrected chi connectivity index (χ1v) is 5.42. The Labute approximate surface area is 86.9 Å². The van der Waals surface area contributed by atoms with E-state index in [-0.39, 0.29) is 6.10 Å². The number of hydrogen-bond acceptors (Lipinski definition) is 1. The second-order valence-corrected chi connectivity index (χ2v) is 4.62. The number of hydrogen-bond donors (Lipinski definition) is 1. The molecule has 3 atom stereocenters. The van der Waals surface area contributed by atoms with Gasteiger partial charge in [-0.15, -0.1) is 0 Å². The van der Waals surface area contributed by atoms with Crippen LogP contribution in [0.5, 0.6) is 0 Å². The molecule has 70 valence electrons. The summed E-state index contributed by atoms with van der Waals surface area (Å²) in [7, 11) is 0. The summed E-state index contributed by atoms with van der Waals surface area (Å²) in [6, 6.07) is 8.27. The van der Waals surface area contributed by atoms with E-state index in [4.69, 9.17) is 0 Å². The first-order valence-electron chi connectivity index (χ1n) is 4.62. The molecule has 2 rings (SSSR count). The van der Waals surface area contributed by atoms with Gasteiger partial charge in [-0.1, -0.05) is 34.1 Å². The molecule has 1 N–H and O–H groups in total. The Kier molecular flexibility index (Phi) is 2.43. The SMILES string of the molecule is C[C@H](O)[C@H]1C[C@@H]1c1ccccc1Br. The van der Waals surface area contributed by atoms with Crippen molar-refractivity contribution in [1.29, 1.82) is 0 Å². The Hall–Kier alpha value is -0.340. The van der Waals surface area contributed by atoms with E-state index in [1.807, 2.05) is 13.0 Å². The summed E-state index contributed by atoms with van der Waals surface area (Å²) in [4.78, 5) is 0. The molecular weight excluding hydrogens is 228 g/mol. The van der Waals surface area contributed by atoms with Crippen molar-refractivity contribution in [1.82, 2.24) is 0 Å². The second kappa shape index (κ2) is 3.43. The Morgan fingerprint density at radius 1 is 1.46 bits per heavy atom. The van der Waals surface area contributed by atoms with Crippen LogP contribution in [0.15, 0.2) is 28.7 Å². The van der Waals surface area contributed by atoms with Crippen LogP contribution in [-0.4, -0.2) is 11.2 Å². The topological polar surface area (TPSA) is 20.2 Å². The third-order valence-electron chi connectivity index (χ3n) is 2.76. The summed E-state index contributed by atoms with van der Waals surface area (Å²) in [5.41, 5.74) is 1.34. The lowest BCUT2D eigenvalue weighted by atomic mass is 10.1. The van der Waals surface area contributed by atoms with Crippen molar-refractivity contribution < 1.29 is 5.11 Å². The summed E-state index contributed by atoms with van der Waals surface area (Å²) in [5, 5.41) is 9.40. The summed E-state index contributed by atoms with van der Waals surface area (Å²) in [6.45, 7) is 1.88. The average molecular weight is 241 g/mol. The number of aliphatic hydroxyl groups excluding tert-OH is 1. The zero-order chi connectivity index (χ0) is 9.42. The highest BCUT2D eigenvalue weighted by Gasteiger charge is 2.42. The van der Waals surface area contributed by atoms with E-state index in [9.17, 15) is 5.11 Å². The molecule has 0 bridgehead atoms. The zero-order valence-electron chi connectivity index (χ0n) is 7.57. The van der Waals surface area contributed by atoms with Crippen LogP contribution >= 0.6 is 15.9 Å². The number of aliphatic hydroxyl groups is 1. The maximum absolute atomic E-state index is 9.40. The maximum atomic E-state index is 9.40. The predicted octanol–water partition coefficient (Wildman–Crippen LogP) is 2.93. The summed E-state index contributed by atoms with van der Waals surface area (Å²) in [6.07, 6.45) is 0.956. The molecule has 0 aliphatic heterocycles. The van der Waals surface area contributed by atoms with E-state index in [2.05, 4.69) is 34.1 Å². The first kappa shape index (κ1) is 9.22. The molecule has 0 amide bonds. The van der Waals surface area contributed by atoms with Crippen LogP contribution in [0.1, 0.15) is 24.8 Å². The second-order valence-electron chi connectivity index (χ2n) is 3.77. The molecule has 1 fully saturated rings. The lowest BCUT2D eigenvalue weighted by Gasteiger charge is -2.04. The molecule has 1 aromatic carbocycles. The van der Waals surface area contributed by atoms with Crippen LogP contribution in [0, 0.1) is 5.92 Å². The summed E-state index contributed by atoms with van der Waals surface area (Å²) >= 11 is 3.53. The molecule has 0 spiro atoms. The van der Waals surface area contributed by atoms with Gasteiger partial charge >= 0.3 is 0 Å². The minimum absolute atomic E-state index is 0.169. The van der Waals surface area contributed by atoms with Gasteiger partial charge in [0.2, 0.25) is 0 Å². The highest BCUT2D eigenvalue weighted by atomic mass is 79.9. The summed E-state index contributed by atoms with van der Waals surface area (Å²) in [5.74, 6) is 1.04. The van der Waals surface area contributed by atoms with Gasteiger partial charge in [0.25, 0.3) is 0 Å². The minimum atomic E-state index is -0.169. The predicted molar refractivity (Wildman–Crippen MR) is 56.7 cm³/mol. The van der Waals surface area contributed by atoms with Gasteiger partial charge in [-0.25, -0.2) is 0 Å². The van der Waals surface area contributed by atoms with E-state index < -0.39 is 0 Å². The van der Waals surface area contributed by atoms with Crippen LogP contribution < -0.4 is 0 Å². The fourth-order valence-corrected chi connectivity index (χ4v) is 2.46. The van der Waals surface area contributed by atoms with Gasteiger partial charge in [-0.3, -0.25) is 0 Å². The van der Waals surface area contributed by atoms with Gasteiger partial charge in [0.15, 0.2) is 0 Å². The monoisotopic (exact) mass is 240 g/mol. The molecule has 1 saturated carbocycles. The van der Waals surface area contributed by atoms with Crippen molar-refractivity contribution in [3.63, 3.8) is 0 Å². The van der Waals surface area contributed by atoms with Crippen molar-refractivity contribution in [2.75, 3.05) is 0 Å². The maximum Gasteiger partial charge on any atom is 0.0546 e. The van der Waals surface area contributed by atoms with Crippen LogP contribution in [0.4, 0.5) is 0 Å². The molecule has 2 heteroatoms. The zero-order valence-corrected chi connectivity index (χ0v) is 9.16. The van der Waals surface area contributed by atoms with Crippen molar-refractivity contribution in [3.8, 4) is 0 Å².